The van der Waals surface area contributed by atoms with Crippen LogP contribution in [-0.4, -0.2) is 60.2 Å². The van der Waals surface area contributed by atoms with Crippen LogP contribution >= 0.6 is 0 Å². The van der Waals surface area contributed by atoms with E-state index in [4.69, 9.17) is 15.5 Å². The summed E-state index contributed by atoms with van der Waals surface area (Å²) in [6, 6.07) is 20.8. The van der Waals surface area contributed by atoms with Crippen LogP contribution in [0.1, 0.15) is 17.7 Å². The number of likely N-dealkylation sites (tertiary alicyclic amines) is 1. The fraction of sp³-hybridized carbons (Fsp3) is 0.370. The highest BCUT2D eigenvalue weighted by atomic mass is 16.5. The number of nitrogens with zero attached hydrogens (tertiary/aromatic N) is 4. The predicted octanol–water partition coefficient (Wildman–Crippen LogP) is 2.90. The zero-order valence-electron chi connectivity index (χ0n) is 19.4. The third kappa shape index (κ3) is 4.95. The van der Waals surface area contributed by atoms with Gasteiger partial charge in [-0.1, -0.05) is 54.6 Å². The molecule has 176 valence electrons. The van der Waals surface area contributed by atoms with Crippen molar-refractivity contribution < 1.29 is 9.53 Å². The topological polar surface area (TPSA) is 84.6 Å². The average molecular weight is 458 g/mol. The van der Waals surface area contributed by atoms with Crippen molar-refractivity contribution in [3.8, 4) is 11.1 Å². The molecule has 7 nitrogen and oxygen atoms in total. The lowest BCUT2D eigenvalue weighted by Gasteiger charge is -2.27. The van der Waals surface area contributed by atoms with Crippen LogP contribution in [0.25, 0.3) is 11.1 Å². The van der Waals surface area contributed by atoms with Crippen LogP contribution in [0.2, 0.25) is 0 Å². The summed E-state index contributed by atoms with van der Waals surface area (Å²) in [7, 11) is 0. The molecule has 0 spiro atoms. The van der Waals surface area contributed by atoms with Gasteiger partial charge in [0.1, 0.15) is 0 Å². The highest BCUT2D eigenvalue weighted by Crippen LogP contribution is 2.35. The van der Waals surface area contributed by atoms with Gasteiger partial charge in [-0.3, -0.25) is 9.69 Å². The van der Waals surface area contributed by atoms with Crippen LogP contribution < -0.4 is 10.6 Å². The van der Waals surface area contributed by atoms with Crippen LogP contribution in [0, 0.1) is 5.41 Å². The number of amides is 1. The third-order valence-corrected chi connectivity index (χ3v) is 6.94. The summed E-state index contributed by atoms with van der Waals surface area (Å²) in [5, 5.41) is 0. The number of nitrogens with two attached hydrogens (primary N) is 1. The van der Waals surface area contributed by atoms with Crippen LogP contribution in [0.15, 0.2) is 66.9 Å². The maximum Gasteiger partial charge on any atom is 0.225 e. The molecule has 2 aromatic carbocycles. The molecular formula is C27H31N5O2. The molecule has 0 aliphatic carbocycles. The lowest BCUT2D eigenvalue weighted by atomic mass is 9.80. The number of primary amides is 1. The van der Waals surface area contributed by atoms with Gasteiger partial charge in [0.05, 0.1) is 24.3 Å². The maximum atomic E-state index is 12.6. The van der Waals surface area contributed by atoms with Crippen molar-refractivity contribution in [3.05, 3.63) is 78.1 Å². The van der Waals surface area contributed by atoms with Crippen molar-refractivity contribution in [1.82, 2.24) is 14.9 Å². The molecule has 1 atom stereocenters. The molecule has 1 amide bonds. The second-order valence-corrected chi connectivity index (χ2v) is 9.29. The molecule has 0 saturated carbocycles. The Bertz CT molecular complexity index is 1120. The zero-order valence-corrected chi connectivity index (χ0v) is 19.4. The van der Waals surface area contributed by atoms with Crippen molar-refractivity contribution in [1.29, 1.82) is 0 Å². The maximum absolute atomic E-state index is 12.6. The lowest BCUT2D eigenvalue weighted by molar-refractivity contribution is -0.127. The number of carbonyl (C=O) groups is 1. The van der Waals surface area contributed by atoms with E-state index in [-0.39, 0.29) is 5.91 Å². The van der Waals surface area contributed by atoms with Gasteiger partial charge in [0.25, 0.3) is 0 Å². The summed E-state index contributed by atoms with van der Waals surface area (Å²) < 4.78 is 5.43. The molecule has 2 fully saturated rings. The Labute approximate surface area is 200 Å². The van der Waals surface area contributed by atoms with E-state index < -0.39 is 5.41 Å². The molecule has 7 heteroatoms. The normalized spacial score (nSPS) is 21.0. The number of benzene rings is 2. The van der Waals surface area contributed by atoms with Crippen molar-refractivity contribution in [3.63, 3.8) is 0 Å². The minimum Gasteiger partial charge on any atom is -0.378 e. The number of aromatic nitrogens is 2. The molecule has 1 aromatic heterocycles. The number of hydrogen-bond acceptors (Lipinski definition) is 6. The minimum absolute atomic E-state index is 0.223. The molecule has 1 unspecified atom stereocenters. The second kappa shape index (κ2) is 9.91. The molecule has 2 saturated heterocycles. The fourth-order valence-corrected chi connectivity index (χ4v) is 4.98. The first kappa shape index (κ1) is 22.5. The number of rotatable bonds is 7. The van der Waals surface area contributed by atoms with Crippen molar-refractivity contribution in [2.45, 2.75) is 19.4 Å². The molecule has 34 heavy (non-hydrogen) atoms. The van der Waals surface area contributed by atoms with E-state index in [1.165, 1.54) is 11.1 Å². The summed E-state index contributed by atoms with van der Waals surface area (Å²) in [5.41, 5.74) is 9.86. The van der Waals surface area contributed by atoms with Gasteiger partial charge < -0.3 is 15.4 Å². The highest BCUT2D eigenvalue weighted by Gasteiger charge is 2.43. The van der Waals surface area contributed by atoms with E-state index in [9.17, 15) is 4.79 Å². The van der Waals surface area contributed by atoms with E-state index in [1.54, 1.807) is 0 Å². The number of hydrogen-bond donors (Lipinski definition) is 1. The molecule has 2 N–H and O–H groups in total. The molecular weight excluding hydrogens is 426 g/mol. The molecule has 0 radical (unpaired) electrons. The van der Waals surface area contributed by atoms with Crippen molar-refractivity contribution in [2.75, 3.05) is 44.3 Å². The SMILES string of the molecule is NC(=O)C1(Cc2ccc(-c3ccccc3)cc2)CCN(Cc2ccnc(N3CCOCC3)n2)C1. The summed E-state index contributed by atoms with van der Waals surface area (Å²) in [5.74, 6) is 0.526. The van der Waals surface area contributed by atoms with Crippen LogP contribution in [-0.2, 0) is 22.5 Å². The summed E-state index contributed by atoms with van der Waals surface area (Å²) in [4.78, 5) is 26.3. The molecule has 2 aliphatic heterocycles. The Hall–Kier alpha value is -3.29. The van der Waals surface area contributed by atoms with Gasteiger partial charge in [-0.05, 0) is 42.1 Å². The Morgan fingerprint density at radius 2 is 1.71 bits per heavy atom. The van der Waals surface area contributed by atoms with Crippen LogP contribution in [0.5, 0.6) is 0 Å². The lowest BCUT2D eigenvalue weighted by Crippen LogP contribution is -2.41. The number of carbonyl (C=O) groups excluding carboxylic acids is 1. The Morgan fingerprint density at radius 1 is 0.971 bits per heavy atom. The molecule has 5 rings (SSSR count). The van der Waals surface area contributed by atoms with Crippen molar-refractivity contribution in [2.24, 2.45) is 11.1 Å². The van der Waals surface area contributed by atoms with Crippen molar-refractivity contribution >= 4 is 11.9 Å². The summed E-state index contributed by atoms with van der Waals surface area (Å²) >= 11 is 0. The fourth-order valence-electron chi connectivity index (χ4n) is 4.98. The molecule has 3 heterocycles. The molecule has 2 aliphatic rings. The number of anilines is 1. The van der Waals surface area contributed by atoms with E-state index in [0.29, 0.717) is 32.7 Å². The Morgan fingerprint density at radius 3 is 2.44 bits per heavy atom. The standard InChI is InChI=1S/C27H31N5O2/c28-25(33)27(18-21-6-8-23(9-7-21)22-4-2-1-3-5-22)11-13-31(20-27)19-24-10-12-29-26(30-24)32-14-16-34-17-15-32/h1-10,12H,11,13-20H2,(H2,28,33). The number of ether oxygens (including phenoxy) is 1. The predicted molar refractivity (Wildman–Crippen MR) is 132 cm³/mol. The van der Waals surface area contributed by atoms with E-state index in [2.05, 4.69) is 51.2 Å². The van der Waals surface area contributed by atoms with Gasteiger partial charge in [-0.15, -0.1) is 0 Å². The smallest absolute Gasteiger partial charge is 0.225 e. The average Bonchev–Trinajstić information content (AvgIpc) is 3.29. The zero-order chi connectivity index (χ0) is 23.4. The Kier molecular flexibility index (Phi) is 6.56. The van der Waals surface area contributed by atoms with E-state index in [0.717, 1.165) is 43.3 Å². The van der Waals surface area contributed by atoms with Gasteiger partial charge in [0.2, 0.25) is 11.9 Å². The second-order valence-electron chi connectivity index (χ2n) is 9.29. The first-order valence-corrected chi connectivity index (χ1v) is 11.9. The highest BCUT2D eigenvalue weighted by molar-refractivity contribution is 5.82. The summed E-state index contributed by atoms with van der Waals surface area (Å²) in [6.45, 7) is 5.16. The Balaban J connectivity index is 1.26. The molecule has 0 bridgehead atoms. The third-order valence-electron chi connectivity index (χ3n) is 6.94. The quantitative estimate of drug-likeness (QED) is 0.587. The monoisotopic (exact) mass is 457 g/mol. The van der Waals surface area contributed by atoms with Gasteiger partial charge in [0.15, 0.2) is 0 Å². The molecule has 3 aromatic rings. The first-order chi connectivity index (χ1) is 16.6. The van der Waals surface area contributed by atoms with Crippen LogP contribution in [0.3, 0.4) is 0 Å². The van der Waals surface area contributed by atoms with E-state index >= 15 is 0 Å². The largest absolute Gasteiger partial charge is 0.378 e. The number of morpholine rings is 1. The van der Waals surface area contributed by atoms with Crippen LogP contribution in [0.4, 0.5) is 5.95 Å². The summed E-state index contributed by atoms with van der Waals surface area (Å²) in [6.07, 6.45) is 3.22. The minimum atomic E-state index is -0.561. The van der Waals surface area contributed by atoms with Gasteiger partial charge in [-0.2, -0.15) is 0 Å². The van der Waals surface area contributed by atoms with E-state index in [1.807, 2.05) is 30.5 Å². The van der Waals surface area contributed by atoms with Gasteiger partial charge in [-0.25, -0.2) is 9.97 Å². The first-order valence-electron chi connectivity index (χ1n) is 11.9. The van der Waals surface area contributed by atoms with Gasteiger partial charge >= 0.3 is 0 Å². The van der Waals surface area contributed by atoms with Gasteiger partial charge in [0, 0.05) is 32.4 Å².